The molecule has 0 heterocycles. The maximum Gasteiger partial charge on any atom is 0.247 e. The van der Waals surface area contributed by atoms with Crippen LogP contribution in [0.2, 0.25) is 0 Å². The monoisotopic (exact) mass is 390 g/mol. The number of fused-ring (bicyclic) bond motifs is 1. The minimum Gasteiger partial charge on any atom is -0.497 e. The summed E-state index contributed by atoms with van der Waals surface area (Å²) in [5.74, 6) is 0.278. The van der Waals surface area contributed by atoms with E-state index in [1.165, 1.54) is 0 Å². The Bertz CT molecular complexity index is 996. The van der Waals surface area contributed by atoms with Gasteiger partial charge in [0.05, 0.1) is 13.5 Å². The van der Waals surface area contributed by atoms with Gasteiger partial charge in [-0.3, -0.25) is 9.59 Å². The van der Waals surface area contributed by atoms with E-state index in [0.29, 0.717) is 5.69 Å². The van der Waals surface area contributed by atoms with Crippen molar-refractivity contribution in [2.24, 2.45) is 5.92 Å². The first-order valence-electron chi connectivity index (χ1n) is 9.68. The highest BCUT2D eigenvalue weighted by atomic mass is 16.5. The number of amides is 2. The van der Waals surface area contributed by atoms with Crippen LogP contribution in [0.1, 0.15) is 19.4 Å². The fourth-order valence-electron chi connectivity index (χ4n) is 3.18. The van der Waals surface area contributed by atoms with Crippen LogP contribution in [0.15, 0.2) is 66.7 Å². The van der Waals surface area contributed by atoms with Gasteiger partial charge in [-0.1, -0.05) is 56.3 Å². The normalized spacial score (nSPS) is 11.9. The van der Waals surface area contributed by atoms with Crippen molar-refractivity contribution in [1.82, 2.24) is 5.32 Å². The molecular weight excluding hydrogens is 364 g/mol. The summed E-state index contributed by atoms with van der Waals surface area (Å²) >= 11 is 0. The van der Waals surface area contributed by atoms with Crippen LogP contribution in [0.5, 0.6) is 5.75 Å². The summed E-state index contributed by atoms with van der Waals surface area (Å²) in [4.78, 5) is 25.3. The van der Waals surface area contributed by atoms with Crippen LogP contribution in [0.4, 0.5) is 5.69 Å². The SMILES string of the molecule is COc1ccc(CC(=O)NC(C(=O)Nc2ccc3ccccc3c2)C(C)C)cc1. The van der Waals surface area contributed by atoms with E-state index in [0.717, 1.165) is 22.1 Å². The van der Waals surface area contributed by atoms with Gasteiger partial charge < -0.3 is 15.4 Å². The van der Waals surface area contributed by atoms with E-state index in [1.54, 1.807) is 7.11 Å². The van der Waals surface area contributed by atoms with Crippen LogP contribution in [-0.2, 0) is 16.0 Å². The molecule has 2 N–H and O–H groups in total. The lowest BCUT2D eigenvalue weighted by atomic mass is 10.0. The number of carbonyl (C=O) groups is 2. The Kier molecular flexibility index (Phi) is 6.50. The molecule has 3 rings (SSSR count). The summed E-state index contributed by atoms with van der Waals surface area (Å²) in [7, 11) is 1.60. The first-order valence-corrected chi connectivity index (χ1v) is 9.68. The van der Waals surface area contributed by atoms with E-state index in [9.17, 15) is 9.59 Å². The van der Waals surface area contributed by atoms with E-state index in [-0.39, 0.29) is 24.2 Å². The van der Waals surface area contributed by atoms with Crippen LogP contribution >= 0.6 is 0 Å². The van der Waals surface area contributed by atoms with Crippen LogP contribution in [0.25, 0.3) is 10.8 Å². The van der Waals surface area contributed by atoms with Crippen molar-refractivity contribution in [3.05, 3.63) is 72.3 Å². The Balaban J connectivity index is 1.65. The third-order valence-electron chi connectivity index (χ3n) is 4.81. The zero-order valence-electron chi connectivity index (χ0n) is 16.9. The maximum absolute atomic E-state index is 12.8. The molecule has 29 heavy (non-hydrogen) atoms. The smallest absolute Gasteiger partial charge is 0.247 e. The first kappa shape index (κ1) is 20.4. The van der Waals surface area contributed by atoms with Gasteiger partial charge in [-0.2, -0.15) is 0 Å². The number of anilines is 1. The highest BCUT2D eigenvalue weighted by molar-refractivity contribution is 5.99. The molecule has 5 heteroatoms. The maximum atomic E-state index is 12.8. The molecule has 2 amide bonds. The second-order valence-electron chi connectivity index (χ2n) is 7.37. The van der Waals surface area contributed by atoms with Crippen LogP contribution < -0.4 is 15.4 Å². The largest absolute Gasteiger partial charge is 0.497 e. The van der Waals surface area contributed by atoms with Gasteiger partial charge in [0.1, 0.15) is 11.8 Å². The highest BCUT2D eigenvalue weighted by Crippen LogP contribution is 2.19. The van der Waals surface area contributed by atoms with Gasteiger partial charge in [-0.25, -0.2) is 0 Å². The van der Waals surface area contributed by atoms with E-state index < -0.39 is 6.04 Å². The van der Waals surface area contributed by atoms with Crippen molar-refractivity contribution in [1.29, 1.82) is 0 Å². The Morgan fingerprint density at radius 2 is 1.62 bits per heavy atom. The topological polar surface area (TPSA) is 67.4 Å². The Labute approximate surface area is 171 Å². The van der Waals surface area contributed by atoms with Gasteiger partial charge in [0, 0.05) is 5.69 Å². The molecule has 0 saturated carbocycles. The second-order valence-corrected chi connectivity index (χ2v) is 7.37. The zero-order chi connectivity index (χ0) is 20.8. The number of benzene rings is 3. The van der Waals surface area contributed by atoms with Gasteiger partial charge in [-0.15, -0.1) is 0 Å². The van der Waals surface area contributed by atoms with E-state index in [4.69, 9.17) is 4.74 Å². The van der Waals surface area contributed by atoms with Crippen molar-refractivity contribution in [3.63, 3.8) is 0 Å². The molecule has 1 atom stereocenters. The zero-order valence-corrected chi connectivity index (χ0v) is 16.9. The number of nitrogens with one attached hydrogen (secondary N) is 2. The lowest BCUT2D eigenvalue weighted by Crippen LogP contribution is -2.47. The molecule has 5 nitrogen and oxygen atoms in total. The van der Waals surface area contributed by atoms with Gasteiger partial charge in [0.15, 0.2) is 0 Å². The molecule has 0 aliphatic heterocycles. The van der Waals surface area contributed by atoms with Gasteiger partial charge in [-0.05, 0) is 46.5 Å². The van der Waals surface area contributed by atoms with Crippen LogP contribution in [0, 0.1) is 5.92 Å². The lowest BCUT2D eigenvalue weighted by molar-refractivity contribution is -0.127. The first-order chi connectivity index (χ1) is 14.0. The minimum absolute atomic E-state index is 0.0460. The predicted octanol–water partition coefficient (Wildman–Crippen LogP) is 4.17. The number of ether oxygens (including phenoxy) is 1. The molecule has 0 bridgehead atoms. The molecular formula is C24H26N2O3. The Morgan fingerprint density at radius 1 is 0.931 bits per heavy atom. The summed E-state index contributed by atoms with van der Waals surface area (Å²) in [6, 6.07) is 20.4. The number of rotatable bonds is 7. The van der Waals surface area contributed by atoms with E-state index >= 15 is 0 Å². The molecule has 0 radical (unpaired) electrons. The van der Waals surface area contributed by atoms with Crippen molar-refractivity contribution >= 4 is 28.3 Å². The third-order valence-corrected chi connectivity index (χ3v) is 4.81. The van der Waals surface area contributed by atoms with Crippen molar-refractivity contribution in [2.45, 2.75) is 26.3 Å². The molecule has 3 aromatic rings. The van der Waals surface area contributed by atoms with E-state index in [1.807, 2.05) is 80.6 Å². The van der Waals surface area contributed by atoms with Crippen LogP contribution in [0.3, 0.4) is 0 Å². The van der Waals surface area contributed by atoms with E-state index in [2.05, 4.69) is 10.6 Å². The average Bonchev–Trinajstić information content (AvgIpc) is 2.72. The number of hydrogen-bond donors (Lipinski definition) is 2. The standard InChI is InChI=1S/C24H26N2O3/c1-16(2)23(26-22(27)14-17-8-12-21(29-3)13-9-17)24(28)25-20-11-10-18-6-4-5-7-19(18)15-20/h4-13,15-16,23H,14H2,1-3H3,(H,25,28)(H,26,27). The summed E-state index contributed by atoms with van der Waals surface area (Å²) in [5, 5.41) is 7.96. The minimum atomic E-state index is -0.618. The fraction of sp³-hybridized carbons (Fsp3) is 0.250. The molecule has 0 aliphatic rings. The average molecular weight is 390 g/mol. The summed E-state index contributed by atoms with van der Waals surface area (Å²) < 4.78 is 5.13. The fourth-order valence-corrected chi connectivity index (χ4v) is 3.18. The Hall–Kier alpha value is -3.34. The Morgan fingerprint density at radius 3 is 2.28 bits per heavy atom. The molecule has 0 fully saturated rings. The molecule has 1 unspecified atom stereocenters. The van der Waals surface area contributed by atoms with Crippen molar-refractivity contribution in [3.8, 4) is 5.75 Å². The number of carbonyl (C=O) groups excluding carboxylic acids is 2. The summed E-state index contributed by atoms with van der Waals surface area (Å²) in [6.07, 6.45) is 0.205. The van der Waals surface area contributed by atoms with Gasteiger partial charge in [0.25, 0.3) is 0 Å². The summed E-state index contributed by atoms with van der Waals surface area (Å²) in [5.41, 5.74) is 1.57. The predicted molar refractivity (Wildman–Crippen MR) is 116 cm³/mol. The number of hydrogen-bond acceptors (Lipinski definition) is 3. The molecule has 150 valence electrons. The molecule has 0 saturated heterocycles. The molecule has 3 aromatic carbocycles. The van der Waals surface area contributed by atoms with Gasteiger partial charge >= 0.3 is 0 Å². The third kappa shape index (κ3) is 5.35. The van der Waals surface area contributed by atoms with Crippen molar-refractivity contribution < 1.29 is 14.3 Å². The molecule has 0 aromatic heterocycles. The number of methoxy groups -OCH3 is 1. The molecule has 0 aliphatic carbocycles. The summed E-state index contributed by atoms with van der Waals surface area (Å²) in [6.45, 7) is 3.83. The van der Waals surface area contributed by atoms with Gasteiger partial charge in [0.2, 0.25) is 11.8 Å². The molecule has 0 spiro atoms. The quantitative estimate of drug-likeness (QED) is 0.636. The lowest BCUT2D eigenvalue weighted by Gasteiger charge is -2.22. The van der Waals surface area contributed by atoms with Crippen molar-refractivity contribution in [2.75, 3.05) is 12.4 Å². The second kappa shape index (κ2) is 9.24. The van der Waals surface area contributed by atoms with Crippen LogP contribution in [-0.4, -0.2) is 25.0 Å². The highest BCUT2D eigenvalue weighted by Gasteiger charge is 2.24.